The van der Waals surface area contributed by atoms with Crippen LogP contribution in [0, 0.1) is 23.7 Å². The zero-order valence-corrected chi connectivity index (χ0v) is 34.4. The zero-order valence-electron chi connectivity index (χ0n) is 34.4. The van der Waals surface area contributed by atoms with Gasteiger partial charge in [0.15, 0.2) is 0 Å². The van der Waals surface area contributed by atoms with Crippen molar-refractivity contribution in [3.8, 4) is 0 Å². The van der Waals surface area contributed by atoms with Gasteiger partial charge in [-0.25, -0.2) is 4.79 Å². The van der Waals surface area contributed by atoms with Gasteiger partial charge in [-0.15, -0.1) is 0 Å². The number of aliphatic hydroxyl groups is 2. The van der Waals surface area contributed by atoms with Gasteiger partial charge in [-0.3, -0.25) is 19.4 Å². The predicted molar refractivity (Wildman–Crippen MR) is 214 cm³/mol. The second kappa shape index (κ2) is 21.1. The summed E-state index contributed by atoms with van der Waals surface area (Å²) in [6, 6.07) is 2.78. The van der Waals surface area contributed by atoms with Gasteiger partial charge in [0, 0.05) is 57.1 Å². The maximum atomic E-state index is 14.1. The van der Waals surface area contributed by atoms with Crippen LogP contribution < -0.4 is 0 Å². The Morgan fingerprint density at radius 1 is 0.982 bits per heavy atom. The summed E-state index contributed by atoms with van der Waals surface area (Å²) in [4.78, 5) is 60.7. The number of esters is 1. The summed E-state index contributed by atoms with van der Waals surface area (Å²) >= 11 is 0. The van der Waals surface area contributed by atoms with Crippen molar-refractivity contribution in [3.05, 3.63) is 77.7 Å². The van der Waals surface area contributed by atoms with Gasteiger partial charge in [-0.1, -0.05) is 64.2 Å². The fourth-order valence-electron chi connectivity index (χ4n) is 7.95. The summed E-state index contributed by atoms with van der Waals surface area (Å²) in [5, 5.41) is 22.9. The Morgan fingerprint density at radius 2 is 1.71 bits per heavy atom. The topological polar surface area (TPSA) is 153 Å². The van der Waals surface area contributed by atoms with E-state index in [0.717, 1.165) is 11.1 Å². The summed E-state index contributed by atoms with van der Waals surface area (Å²) in [5.41, 5.74) is 2.53. The standard InChI is InChI=1S/C45H64N2O9/c1-29-13-9-8-10-14-31(3)41(54-7)27-36-18-17-34(6)45(53,56-36)42(50)43(51)47-24-12-11-15-37(47)44(52)55-40(33(5)26-35-20-22-46-23-21-35)19-16-30(2)38(48)28-39(49)32(4)25-29/h8-10,13-14,16,20-23,29,32-34,36-38,40-41,48,53H,11-12,15,17-19,24-28H2,1-7H3/b10-8+,13-9+,30-16-,31-14+/t29-,32-,33-,34-,36+,37+,38-,40?,41+,45-/m1/s1. The van der Waals surface area contributed by atoms with Crippen LogP contribution in [0.5, 0.6) is 0 Å². The molecule has 2 bridgehead atoms. The molecule has 56 heavy (non-hydrogen) atoms. The average Bonchev–Trinajstić information content (AvgIpc) is 3.18. The van der Waals surface area contributed by atoms with Crippen molar-refractivity contribution in [2.45, 2.75) is 142 Å². The Bertz CT molecular complexity index is 1620. The summed E-state index contributed by atoms with van der Waals surface area (Å²) in [6.45, 7) is 11.5. The molecule has 1 aromatic heterocycles. The maximum absolute atomic E-state index is 14.1. The molecule has 0 spiro atoms. The van der Waals surface area contributed by atoms with E-state index < -0.39 is 53.7 Å². The summed E-state index contributed by atoms with van der Waals surface area (Å²) in [6.07, 6.45) is 16.8. The van der Waals surface area contributed by atoms with Crippen molar-refractivity contribution < 1.29 is 43.6 Å². The smallest absolute Gasteiger partial charge is 0.329 e. The number of pyridine rings is 1. The fourth-order valence-corrected chi connectivity index (χ4v) is 7.95. The Labute approximate surface area is 333 Å². The van der Waals surface area contributed by atoms with Crippen LogP contribution in [-0.2, 0) is 39.8 Å². The van der Waals surface area contributed by atoms with Crippen molar-refractivity contribution in [1.82, 2.24) is 9.88 Å². The molecule has 11 heteroatoms. The molecule has 0 aromatic carbocycles. The Kier molecular flexibility index (Phi) is 16.9. The summed E-state index contributed by atoms with van der Waals surface area (Å²) < 4.78 is 18.1. The Hall–Kier alpha value is -3.77. The molecule has 10 atom stereocenters. The molecule has 308 valence electrons. The van der Waals surface area contributed by atoms with Gasteiger partial charge in [0.1, 0.15) is 17.9 Å². The van der Waals surface area contributed by atoms with E-state index in [2.05, 4.69) is 11.9 Å². The van der Waals surface area contributed by atoms with Crippen molar-refractivity contribution >= 4 is 23.4 Å². The van der Waals surface area contributed by atoms with E-state index >= 15 is 0 Å². The van der Waals surface area contributed by atoms with Crippen molar-refractivity contribution in [1.29, 1.82) is 0 Å². The average molecular weight is 777 g/mol. The number of aliphatic hydroxyl groups excluding tert-OH is 1. The predicted octanol–water partition coefficient (Wildman–Crippen LogP) is 6.42. The third kappa shape index (κ3) is 12.1. The number of amides is 1. The highest BCUT2D eigenvalue weighted by Gasteiger charge is 2.53. The number of methoxy groups -OCH3 is 1. The third-order valence-electron chi connectivity index (χ3n) is 11.9. The fraction of sp³-hybridized carbons (Fsp3) is 0.622. The number of ketones is 2. The summed E-state index contributed by atoms with van der Waals surface area (Å²) in [5.74, 6) is -6.03. The monoisotopic (exact) mass is 776 g/mol. The molecular formula is C45H64N2O9. The molecule has 0 radical (unpaired) electrons. The lowest BCUT2D eigenvalue weighted by molar-refractivity contribution is -0.265. The maximum Gasteiger partial charge on any atom is 0.329 e. The number of fused-ring (bicyclic) bond motifs is 3. The van der Waals surface area contributed by atoms with E-state index in [4.69, 9.17) is 14.2 Å². The molecule has 11 nitrogen and oxygen atoms in total. The number of cyclic esters (lactones) is 1. The molecule has 4 heterocycles. The van der Waals surface area contributed by atoms with Gasteiger partial charge in [-0.05, 0) is 99.5 Å². The van der Waals surface area contributed by atoms with E-state index in [0.29, 0.717) is 56.9 Å². The first-order valence-electron chi connectivity index (χ1n) is 20.4. The molecular weight excluding hydrogens is 712 g/mol. The number of piperidine rings is 1. The quantitative estimate of drug-likeness (QED) is 0.199. The van der Waals surface area contributed by atoms with Crippen molar-refractivity contribution in [2.75, 3.05) is 13.7 Å². The highest BCUT2D eigenvalue weighted by molar-refractivity contribution is 6.39. The molecule has 3 aliphatic heterocycles. The number of hydrogen-bond donors (Lipinski definition) is 2. The van der Waals surface area contributed by atoms with E-state index in [1.54, 1.807) is 33.4 Å². The van der Waals surface area contributed by atoms with Gasteiger partial charge in [0.25, 0.3) is 11.7 Å². The second-order valence-electron chi connectivity index (χ2n) is 16.4. The van der Waals surface area contributed by atoms with Crippen molar-refractivity contribution in [3.63, 3.8) is 0 Å². The van der Waals surface area contributed by atoms with E-state index in [1.807, 2.05) is 69.4 Å². The lowest BCUT2D eigenvalue weighted by atomic mass is 9.85. The molecule has 2 N–H and O–H groups in total. The van der Waals surface area contributed by atoms with E-state index in [-0.39, 0.29) is 49.0 Å². The number of hydrogen-bond acceptors (Lipinski definition) is 10. The summed E-state index contributed by atoms with van der Waals surface area (Å²) in [7, 11) is 1.60. The molecule has 0 saturated carbocycles. The van der Waals surface area contributed by atoms with E-state index in [1.165, 1.54) is 4.90 Å². The van der Waals surface area contributed by atoms with Crippen LogP contribution in [0.15, 0.2) is 72.1 Å². The van der Waals surface area contributed by atoms with Crippen LogP contribution in [0.1, 0.15) is 105 Å². The molecule has 2 fully saturated rings. The largest absolute Gasteiger partial charge is 0.460 e. The molecule has 0 aliphatic carbocycles. The van der Waals surface area contributed by atoms with Gasteiger partial charge in [-0.2, -0.15) is 0 Å². The van der Waals surface area contributed by atoms with E-state index in [9.17, 15) is 29.4 Å². The Morgan fingerprint density at radius 3 is 2.43 bits per heavy atom. The highest BCUT2D eigenvalue weighted by atomic mass is 16.6. The first kappa shape index (κ1) is 44.9. The van der Waals surface area contributed by atoms with Crippen LogP contribution in [0.4, 0.5) is 0 Å². The number of carbonyl (C=O) groups excluding carboxylic acids is 4. The molecule has 4 rings (SSSR count). The number of Topliss-reactive ketones (excluding diaryl/α,β-unsaturated/α-hetero) is 2. The van der Waals surface area contributed by atoms with Crippen molar-refractivity contribution in [2.24, 2.45) is 23.7 Å². The minimum atomic E-state index is -2.36. The second-order valence-corrected chi connectivity index (χ2v) is 16.4. The van der Waals surface area contributed by atoms with Crippen LogP contribution in [0.3, 0.4) is 0 Å². The van der Waals surface area contributed by atoms with Gasteiger partial charge < -0.3 is 29.3 Å². The molecule has 1 unspecified atom stereocenters. The highest BCUT2D eigenvalue weighted by Crippen LogP contribution is 2.36. The molecule has 1 amide bonds. The van der Waals surface area contributed by atoms with Gasteiger partial charge in [0.2, 0.25) is 5.79 Å². The lowest BCUT2D eigenvalue weighted by Gasteiger charge is -2.42. The normalized spacial score (nSPS) is 36.1. The first-order valence-corrected chi connectivity index (χ1v) is 20.4. The number of rotatable bonds is 4. The van der Waals surface area contributed by atoms with Crippen LogP contribution >= 0.6 is 0 Å². The van der Waals surface area contributed by atoms with Crippen LogP contribution in [-0.4, -0.2) is 93.4 Å². The van der Waals surface area contributed by atoms with Gasteiger partial charge >= 0.3 is 5.97 Å². The lowest BCUT2D eigenvalue weighted by Crippen LogP contribution is -2.61. The minimum absolute atomic E-state index is 0.0235. The zero-order chi connectivity index (χ0) is 41.0. The molecule has 3 aliphatic rings. The van der Waals surface area contributed by atoms with Crippen LogP contribution in [0.2, 0.25) is 0 Å². The molecule has 1 aromatic rings. The third-order valence-corrected chi connectivity index (χ3v) is 11.9. The number of aromatic nitrogens is 1. The number of carbonyl (C=O) groups is 4. The SMILES string of the molecule is CO[C@H]1C[C@@H]2CC[C@@H](C)[C@@](O)(O2)C(=O)C(=O)N2CCCC[C@H]2C(=O)OC([C@H](C)Cc2ccncc2)C/C=C(/C)[C@H](O)CC(=O)[C@H](C)C[C@H](C)/C=C/C=C/C=C/1C. The Balaban J connectivity index is 1.66. The van der Waals surface area contributed by atoms with Gasteiger partial charge in [0.05, 0.1) is 18.3 Å². The van der Waals surface area contributed by atoms with Crippen LogP contribution in [0.25, 0.3) is 0 Å². The number of allylic oxidation sites excluding steroid dienone is 5. The minimum Gasteiger partial charge on any atom is -0.460 e. The first-order chi connectivity index (χ1) is 26.6. The molecule has 2 saturated heterocycles. The number of ether oxygens (including phenoxy) is 3. The number of nitrogens with zero attached hydrogens (tertiary/aromatic N) is 2.